The first-order valence-electron chi connectivity index (χ1n) is 9.09. The number of carbonyl (C=O) groups is 1. The minimum atomic E-state index is -3.28. The van der Waals surface area contributed by atoms with Crippen LogP contribution in [0.3, 0.4) is 0 Å². The fraction of sp³-hybridized carbons (Fsp3) is 0.368. The predicted molar refractivity (Wildman–Crippen MR) is 109 cm³/mol. The fourth-order valence-corrected chi connectivity index (χ4v) is 4.05. The van der Waals surface area contributed by atoms with E-state index in [9.17, 15) is 13.2 Å². The summed E-state index contributed by atoms with van der Waals surface area (Å²) >= 11 is 1.43. The first kappa shape index (κ1) is 20.6. The Hall–Kier alpha value is -2.10. The molecule has 1 unspecified atom stereocenters. The topological polar surface area (TPSA) is 97.4 Å². The second-order valence-corrected chi connectivity index (χ2v) is 9.47. The van der Waals surface area contributed by atoms with E-state index in [1.807, 2.05) is 12.1 Å². The van der Waals surface area contributed by atoms with E-state index in [1.165, 1.54) is 11.8 Å². The molecule has 1 saturated heterocycles. The smallest absolute Gasteiger partial charge is 0.252 e. The molecule has 1 aliphatic rings. The average Bonchev–Trinajstić information content (AvgIpc) is 3.22. The normalized spacial score (nSPS) is 16.7. The number of nitrogens with zero attached hydrogens (tertiary/aromatic N) is 1. The van der Waals surface area contributed by atoms with Gasteiger partial charge in [0.05, 0.1) is 17.4 Å². The molecule has 1 fully saturated rings. The van der Waals surface area contributed by atoms with Crippen molar-refractivity contribution < 1.29 is 17.9 Å². The molecule has 0 saturated carbocycles. The van der Waals surface area contributed by atoms with E-state index in [1.54, 1.807) is 37.4 Å². The number of anilines is 1. The summed E-state index contributed by atoms with van der Waals surface area (Å²) in [6.45, 7) is 2.87. The number of hydrogen-bond donors (Lipinski definition) is 2. The second-order valence-electron chi connectivity index (χ2n) is 6.36. The van der Waals surface area contributed by atoms with Crippen molar-refractivity contribution >= 4 is 33.4 Å². The average molecular weight is 422 g/mol. The van der Waals surface area contributed by atoms with Crippen molar-refractivity contribution in [2.75, 3.05) is 23.6 Å². The Balaban J connectivity index is 1.54. The molecule has 2 heterocycles. The van der Waals surface area contributed by atoms with E-state index < -0.39 is 10.0 Å². The number of rotatable bonds is 8. The lowest BCUT2D eigenvalue weighted by Gasteiger charge is -2.10. The lowest BCUT2D eigenvalue weighted by Crippen LogP contribution is -2.31. The third-order valence-electron chi connectivity index (χ3n) is 4.24. The van der Waals surface area contributed by atoms with Crippen molar-refractivity contribution in [3.8, 4) is 0 Å². The molecule has 28 heavy (non-hydrogen) atoms. The summed E-state index contributed by atoms with van der Waals surface area (Å²) in [5.41, 5.74) is 1.03. The fourth-order valence-electron chi connectivity index (χ4n) is 2.65. The van der Waals surface area contributed by atoms with Crippen LogP contribution in [-0.2, 0) is 14.8 Å². The van der Waals surface area contributed by atoms with Crippen LogP contribution in [0.15, 0.2) is 52.5 Å². The van der Waals surface area contributed by atoms with Gasteiger partial charge in [0.2, 0.25) is 10.0 Å². The summed E-state index contributed by atoms with van der Waals surface area (Å²) in [4.78, 5) is 17.4. The monoisotopic (exact) mass is 421 g/mol. The quantitative estimate of drug-likeness (QED) is 0.680. The number of benzene rings is 1. The van der Waals surface area contributed by atoms with Crippen LogP contribution in [0.5, 0.6) is 0 Å². The van der Waals surface area contributed by atoms with Gasteiger partial charge in [-0.05, 0) is 56.2 Å². The molecule has 0 spiro atoms. The third-order valence-corrected chi connectivity index (χ3v) is 6.51. The molecule has 1 aliphatic heterocycles. The van der Waals surface area contributed by atoms with Gasteiger partial charge in [0.1, 0.15) is 5.03 Å². The molecule has 0 aliphatic carbocycles. The number of carbonyl (C=O) groups excluding carboxylic acids is 1. The minimum absolute atomic E-state index is 0.0288. The first-order chi connectivity index (χ1) is 13.4. The lowest BCUT2D eigenvalue weighted by atomic mass is 10.2. The zero-order valence-electron chi connectivity index (χ0n) is 15.6. The number of amides is 1. The van der Waals surface area contributed by atoms with Gasteiger partial charge in [-0.1, -0.05) is 11.8 Å². The molecule has 2 N–H and O–H groups in total. The SMILES string of the molecule is CCS(=O)(=O)Nc1ccc(Sc2ccc(C(=O)NCC3CCCO3)cn2)cc1. The standard InChI is InChI=1S/C19H23N3O4S2/c1-2-28(24,25)22-15-6-8-17(9-7-15)27-18-10-5-14(12-20-18)19(23)21-13-16-4-3-11-26-16/h5-10,12,16,22H,2-4,11,13H2,1H3,(H,21,23). The Kier molecular flexibility index (Phi) is 6.93. The highest BCUT2D eigenvalue weighted by Crippen LogP contribution is 2.27. The number of pyridine rings is 1. The summed E-state index contributed by atoms with van der Waals surface area (Å²) in [5.74, 6) is -0.131. The van der Waals surface area contributed by atoms with E-state index in [2.05, 4.69) is 15.0 Å². The van der Waals surface area contributed by atoms with E-state index >= 15 is 0 Å². The Labute approximate surface area is 169 Å². The van der Waals surface area contributed by atoms with Crippen molar-refractivity contribution in [1.29, 1.82) is 0 Å². The van der Waals surface area contributed by atoms with Crippen LogP contribution in [-0.4, -0.2) is 44.3 Å². The Morgan fingerprint density at radius 2 is 2.04 bits per heavy atom. The van der Waals surface area contributed by atoms with Gasteiger partial charge in [-0.2, -0.15) is 0 Å². The Morgan fingerprint density at radius 3 is 2.64 bits per heavy atom. The molecule has 150 valence electrons. The Bertz CT molecular complexity index is 894. The molecule has 2 aromatic rings. The van der Waals surface area contributed by atoms with E-state index in [-0.39, 0.29) is 17.8 Å². The predicted octanol–water partition coefficient (Wildman–Crippen LogP) is 2.90. The van der Waals surface area contributed by atoms with Crippen LogP contribution in [0.1, 0.15) is 30.1 Å². The van der Waals surface area contributed by atoms with E-state index in [0.717, 1.165) is 29.4 Å². The van der Waals surface area contributed by atoms with Crippen LogP contribution >= 0.6 is 11.8 Å². The van der Waals surface area contributed by atoms with Gasteiger partial charge in [0.15, 0.2) is 0 Å². The van der Waals surface area contributed by atoms with Crippen molar-refractivity contribution in [1.82, 2.24) is 10.3 Å². The summed E-state index contributed by atoms with van der Waals surface area (Å²) < 4.78 is 31.2. The van der Waals surface area contributed by atoms with Crippen LogP contribution in [0.25, 0.3) is 0 Å². The number of nitrogens with one attached hydrogen (secondary N) is 2. The second kappa shape index (κ2) is 9.40. The molecule has 1 aromatic carbocycles. The highest BCUT2D eigenvalue weighted by atomic mass is 32.2. The van der Waals surface area contributed by atoms with Crippen LogP contribution in [0.2, 0.25) is 0 Å². The van der Waals surface area contributed by atoms with Crippen LogP contribution in [0, 0.1) is 0 Å². The maximum atomic E-state index is 12.2. The van der Waals surface area contributed by atoms with Crippen molar-refractivity contribution in [2.24, 2.45) is 0 Å². The maximum absolute atomic E-state index is 12.2. The summed E-state index contributed by atoms with van der Waals surface area (Å²) in [7, 11) is -3.28. The van der Waals surface area contributed by atoms with Gasteiger partial charge >= 0.3 is 0 Å². The molecule has 0 bridgehead atoms. The van der Waals surface area contributed by atoms with Gasteiger partial charge in [0, 0.05) is 29.9 Å². The maximum Gasteiger partial charge on any atom is 0.252 e. The zero-order valence-corrected chi connectivity index (χ0v) is 17.2. The van der Waals surface area contributed by atoms with Crippen molar-refractivity contribution in [2.45, 2.75) is 35.8 Å². The van der Waals surface area contributed by atoms with Gasteiger partial charge in [-0.3, -0.25) is 9.52 Å². The number of hydrogen-bond acceptors (Lipinski definition) is 6. The molecular formula is C19H23N3O4S2. The van der Waals surface area contributed by atoms with Gasteiger partial charge in [0.25, 0.3) is 5.91 Å². The number of ether oxygens (including phenoxy) is 1. The van der Waals surface area contributed by atoms with E-state index in [0.29, 0.717) is 17.8 Å². The first-order valence-corrected chi connectivity index (χ1v) is 11.6. The highest BCUT2D eigenvalue weighted by molar-refractivity contribution is 7.99. The zero-order chi connectivity index (χ0) is 20.0. The molecule has 7 nitrogen and oxygen atoms in total. The number of aromatic nitrogens is 1. The number of sulfonamides is 1. The van der Waals surface area contributed by atoms with Crippen molar-refractivity contribution in [3.63, 3.8) is 0 Å². The molecule has 3 rings (SSSR count). The van der Waals surface area contributed by atoms with Gasteiger partial charge < -0.3 is 10.1 Å². The molecule has 9 heteroatoms. The van der Waals surface area contributed by atoms with Crippen LogP contribution in [0.4, 0.5) is 5.69 Å². The van der Waals surface area contributed by atoms with Crippen molar-refractivity contribution in [3.05, 3.63) is 48.2 Å². The lowest BCUT2D eigenvalue weighted by molar-refractivity contribution is 0.0857. The molecule has 1 atom stereocenters. The minimum Gasteiger partial charge on any atom is -0.376 e. The molecule has 1 amide bonds. The molecular weight excluding hydrogens is 398 g/mol. The van der Waals surface area contributed by atoms with E-state index in [4.69, 9.17) is 4.74 Å². The summed E-state index contributed by atoms with van der Waals surface area (Å²) in [6, 6.07) is 10.6. The van der Waals surface area contributed by atoms with Gasteiger partial charge in [-0.25, -0.2) is 13.4 Å². The van der Waals surface area contributed by atoms with Gasteiger partial charge in [-0.15, -0.1) is 0 Å². The highest BCUT2D eigenvalue weighted by Gasteiger charge is 2.16. The third kappa shape index (κ3) is 5.95. The summed E-state index contributed by atoms with van der Waals surface area (Å²) in [6.07, 6.45) is 3.68. The van der Waals surface area contributed by atoms with Crippen LogP contribution < -0.4 is 10.0 Å². The Morgan fingerprint density at radius 1 is 1.25 bits per heavy atom. The molecule has 1 aromatic heterocycles. The largest absolute Gasteiger partial charge is 0.376 e. The summed E-state index contributed by atoms with van der Waals surface area (Å²) in [5, 5.41) is 3.62. The molecule has 0 radical (unpaired) electrons.